The number of ketones is 1. The van der Waals surface area contributed by atoms with Gasteiger partial charge in [-0.05, 0) is 110 Å². The first-order valence-corrected chi connectivity index (χ1v) is 14.8. The molecule has 7 heteroatoms. The number of rotatable bonds is 4. The molecule has 5 rings (SSSR count). The average molecular weight is 567 g/mol. The fraction of sp³-hybridized carbons (Fsp3) is 0.844. The molecule has 39 heavy (non-hydrogen) atoms. The van der Waals surface area contributed by atoms with Crippen LogP contribution in [0.25, 0.3) is 0 Å². The molecule has 0 aromatic heterocycles. The Morgan fingerprint density at radius 2 is 1.62 bits per heavy atom. The number of fused-ring (bicyclic) bond motifs is 7. The summed E-state index contributed by atoms with van der Waals surface area (Å²) in [4.78, 5) is 37.8. The van der Waals surface area contributed by atoms with Crippen LogP contribution in [-0.4, -0.2) is 35.5 Å². The summed E-state index contributed by atoms with van der Waals surface area (Å²) in [5.41, 5.74) is -0.285. The molecule has 4 fully saturated rings. The number of ether oxygens (including phenoxy) is 1. The maximum Gasteiger partial charge on any atom is 1.00 e. The van der Waals surface area contributed by atoms with E-state index in [1.165, 1.54) is 5.57 Å². The van der Waals surface area contributed by atoms with E-state index in [-0.39, 0.29) is 108 Å². The molecule has 9 atom stereocenters. The van der Waals surface area contributed by atoms with Gasteiger partial charge in [0.1, 0.15) is 0 Å². The summed E-state index contributed by atoms with van der Waals surface area (Å²) in [6.45, 7) is 15.3. The molecule has 0 amide bonds. The molecule has 4 saturated carbocycles. The smallest absolute Gasteiger partial charge is 0.548 e. The van der Waals surface area contributed by atoms with Crippen LogP contribution in [0.2, 0.25) is 0 Å². The maximum absolute atomic E-state index is 14.4. The number of allylic oxidation sites excluding steroid dienone is 2. The van der Waals surface area contributed by atoms with Crippen molar-refractivity contribution in [2.24, 2.45) is 50.2 Å². The van der Waals surface area contributed by atoms with Crippen molar-refractivity contribution in [3.63, 3.8) is 0 Å². The summed E-state index contributed by atoms with van der Waals surface area (Å²) in [7, 11) is 0. The molecule has 0 unspecified atom stereocenters. The second-order valence-electron chi connectivity index (χ2n) is 15.6. The van der Waals surface area contributed by atoms with Crippen molar-refractivity contribution in [1.29, 1.82) is 0 Å². The van der Waals surface area contributed by atoms with Gasteiger partial charge in [-0.1, -0.05) is 47.1 Å². The van der Waals surface area contributed by atoms with Gasteiger partial charge in [0.25, 0.3) is 0 Å². The predicted octanol–water partition coefficient (Wildman–Crippen LogP) is 2.19. The molecule has 0 heterocycles. The molecule has 0 aromatic rings. The zero-order chi connectivity index (χ0) is 28.1. The molecule has 5 aliphatic rings. The first-order valence-electron chi connectivity index (χ1n) is 14.8. The van der Waals surface area contributed by atoms with Crippen LogP contribution in [0.4, 0.5) is 0 Å². The zero-order valence-corrected chi connectivity index (χ0v) is 28.6. The van der Waals surface area contributed by atoms with Gasteiger partial charge in [0.15, 0.2) is 5.78 Å². The summed E-state index contributed by atoms with van der Waals surface area (Å²) in [5.74, 6) is -1.42. The zero-order valence-electron chi connectivity index (χ0n) is 25.4. The van der Waals surface area contributed by atoms with Crippen molar-refractivity contribution in [1.82, 2.24) is 0 Å². The molecular formula is C32H47KO6. The van der Waals surface area contributed by atoms with Gasteiger partial charge in [-0.3, -0.25) is 9.59 Å². The summed E-state index contributed by atoms with van der Waals surface area (Å²) < 4.78 is 5.85. The van der Waals surface area contributed by atoms with Crippen LogP contribution in [0.1, 0.15) is 106 Å². The molecule has 0 bridgehead atoms. The van der Waals surface area contributed by atoms with Gasteiger partial charge in [-0.25, -0.2) is 0 Å². The number of aliphatic carboxylic acids is 2. The van der Waals surface area contributed by atoms with Gasteiger partial charge in [0.05, 0.1) is 24.1 Å². The Morgan fingerprint density at radius 3 is 2.23 bits per heavy atom. The van der Waals surface area contributed by atoms with Crippen LogP contribution >= 0.6 is 0 Å². The number of carbonyl (C=O) groups excluding carboxylic acids is 2. The largest absolute Gasteiger partial charge is 1.00 e. The number of hydrogen-bond donors (Lipinski definition) is 1. The van der Waals surface area contributed by atoms with E-state index in [4.69, 9.17) is 4.74 Å². The summed E-state index contributed by atoms with van der Waals surface area (Å²) in [5, 5.41) is 21.2. The first-order chi connectivity index (χ1) is 17.4. The SMILES string of the molecule is CC1(C)[C@@H](OCC(=O)[O-])CC[C@]2(C)[C@H]3C(=O)C=C4[C@@H]5C[C@@](C)(C(=O)O)CC[C@]5(C)CC[C@@]4(C)[C@]3(C)CC[C@@H]12.[K+]. The molecule has 0 radical (unpaired) electrons. The summed E-state index contributed by atoms with van der Waals surface area (Å²) >= 11 is 0. The van der Waals surface area contributed by atoms with E-state index < -0.39 is 24.0 Å². The van der Waals surface area contributed by atoms with E-state index in [0.717, 1.165) is 44.9 Å². The number of carboxylic acid groups (broad SMARTS) is 2. The Bertz CT molecular complexity index is 1100. The molecule has 0 spiro atoms. The summed E-state index contributed by atoms with van der Waals surface area (Å²) in [6.07, 6.45) is 9.61. The van der Waals surface area contributed by atoms with Crippen LogP contribution in [0, 0.1) is 50.2 Å². The van der Waals surface area contributed by atoms with Gasteiger partial charge >= 0.3 is 57.4 Å². The van der Waals surface area contributed by atoms with Gasteiger partial charge in [-0.15, -0.1) is 0 Å². The molecule has 6 nitrogen and oxygen atoms in total. The maximum atomic E-state index is 14.4. The van der Waals surface area contributed by atoms with Crippen molar-refractivity contribution < 1.29 is 80.7 Å². The van der Waals surface area contributed by atoms with Crippen LogP contribution < -0.4 is 56.5 Å². The fourth-order valence-electron chi connectivity index (χ4n) is 10.8. The molecule has 0 aromatic carbocycles. The Hall–Kier alpha value is -0.0536. The van der Waals surface area contributed by atoms with Crippen molar-refractivity contribution in [2.75, 3.05) is 6.61 Å². The third-order valence-electron chi connectivity index (χ3n) is 13.4. The van der Waals surface area contributed by atoms with E-state index in [0.29, 0.717) is 12.8 Å². The van der Waals surface area contributed by atoms with E-state index in [1.807, 2.05) is 13.0 Å². The normalized spacial score (nSPS) is 48.3. The minimum atomic E-state index is -1.19. The molecule has 0 saturated heterocycles. The Kier molecular flexibility index (Phi) is 8.18. The van der Waals surface area contributed by atoms with Crippen LogP contribution in [-0.2, 0) is 19.1 Å². The molecule has 5 aliphatic carbocycles. The predicted molar refractivity (Wildman–Crippen MR) is 142 cm³/mol. The third kappa shape index (κ3) is 4.45. The Balaban J connectivity index is 0.00000353. The number of hydrogen-bond acceptors (Lipinski definition) is 5. The molecule has 212 valence electrons. The summed E-state index contributed by atoms with van der Waals surface area (Å²) in [6, 6.07) is 0. The van der Waals surface area contributed by atoms with Gasteiger partial charge in [0.2, 0.25) is 0 Å². The van der Waals surface area contributed by atoms with Crippen molar-refractivity contribution in [2.45, 2.75) is 112 Å². The second kappa shape index (κ2) is 10.0. The Labute approximate surface area is 276 Å². The number of carboxylic acids is 2. The molecule has 0 aliphatic heterocycles. The number of carbonyl (C=O) groups is 3. The molecule has 1 N–H and O–H groups in total. The van der Waals surface area contributed by atoms with Crippen molar-refractivity contribution in [3.8, 4) is 0 Å². The standard InChI is InChI=1S/C32H48O6.K/c1-27(2)22-8-11-32(7)25(30(22,5)10-9-23(27)38-18-24(34)35)21(33)16-19-20-17-29(4,26(36)37)13-12-28(20,3)14-15-31(19,32)6;/h16,20,22-23,25H,8-15,17-18H2,1-7H3,(H,34,35)(H,36,37);/q;+1/p-1/t20-,22-,23-,25+,28+,29-,30-,31+,32+;/m0./s1. The average Bonchev–Trinajstić information content (AvgIpc) is 2.80. The van der Waals surface area contributed by atoms with E-state index in [9.17, 15) is 24.6 Å². The van der Waals surface area contributed by atoms with Crippen molar-refractivity contribution in [3.05, 3.63) is 11.6 Å². The van der Waals surface area contributed by atoms with E-state index in [1.54, 1.807) is 0 Å². The van der Waals surface area contributed by atoms with Crippen LogP contribution in [0.5, 0.6) is 0 Å². The molecular weight excluding hydrogens is 519 g/mol. The topological polar surface area (TPSA) is 104 Å². The fourth-order valence-corrected chi connectivity index (χ4v) is 10.8. The van der Waals surface area contributed by atoms with Crippen LogP contribution in [0.3, 0.4) is 0 Å². The van der Waals surface area contributed by atoms with Gasteiger partial charge in [-0.2, -0.15) is 0 Å². The first kappa shape index (κ1) is 31.9. The quantitative estimate of drug-likeness (QED) is 0.524. The Morgan fingerprint density at radius 1 is 0.974 bits per heavy atom. The van der Waals surface area contributed by atoms with Gasteiger partial charge in [0, 0.05) is 5.92 Å². The monoisotopic (exact) mass is 566 g/mol. The minimum absolute atomic E-state index is 0. The van der Waals surface area contributed by atoms with Crippen molar-refractivity contribution >= 4 is 17.7 Å². The van der Waals surface area contributed by atoms with E-state index in [2.05, 4.69) is 41.5 Å². The van der Waals surface area contributed by atoms with E-state index >= 15 is 0 Å². The second-order valence-corrected chi connectivity index (χ2v) is 15.6. The third-order valence-corrected chi connectivity index (χ3v) is 13.4. The van der Waals surface area contributed by atoms with Crippen LogP contribution in [0.15, 0.2) is 11.6 Å². The van der Waals surface area contributed by atoms with Gasteiger partial charge < -0.3 is 19.7 Å². The minimum Gasteiger partial charge on any atom is -0.548 e.